The number of hydrogen-bond donors (Lipinski definition) is 1. The van der Waals surface area contributed by atoms with Crippen LogP contribution in [-0.4, -0.2) is 18.4 Å². The molecule has 19 heavy (non-hydrogen) atoms. The van der Waals surface area contributed by atoms with Gasteiger partial charge in [0.15, 0.2) is 0 Å². The lowest BCUT2D eigenvalue weighted by Crippen LogP contribution is -2.11. The van der Waals surface area contributed by atoms with Crippen molar-refractivity contribution in [1.29, 1.82) is 0 Å². The number of hydrogen-bond acceptors (Lipinski definition) is 2. The van der Waals surface area contributed by atoms with Crippen molar-refractivity contribution >= 4 is 34.8 Å². The number of ether oxygens (including phenoxy) is 1. The highest BCUT2D eigenvalue weighted by molar-refractivity contribution is 6.32. The summed E-state index contributed by atoms with van der Waals surface area (Å²) < 4.78 is 5.47. The maximum absolute atomic E-state index is 11.6. The molecule has 0 spiro atoms. The normalized spacial score (nSPS) is 10.3. The quantitative estimate of drug-likeness (QED) is 0.568. The van der Waals surface area contributed by atoms with Crippen LogP contribution in [0.5, 0.6) is 5.75 Å². The van der Waals surface area contributed by atoms with E-state index in [1.807, 2.05) is 6.92 Å². The standard InChI is InChI=1S/C14H19Cl2NO2/c1-2-9-19-13-7-6-11(10-12(13)16)17-14(18)5-3-4-8-15/h6-7,10H,2-5,8-9H2,1H3,(H,17,18). The molecule has 1 N–H and O–H groups in total. The van der Waals surface area contributed by atoms with Gasteiger partial charge in [-0.05, 0) is 37.5 Å². The number of halogens is 2. The number of carbonyl (C=O) groups excluding carboxylic acids is 1. The van der Waals surface area contributed by atoms with Crippen LogP contribution in [0.15, 0.2) is 18.2 Å². The highest BCUT2D eigenvalue weighted by atomic mass is 35.5. The second kappa shape index (κ2) is 9.05. The molecule has 0 fully saturated rings. The summed E-state index contributed by atoms with van der Waals surface area (Å²) in [6.07, 6.45) is 3.04. The zero-order valence-electron chi connectivity index (χ0n) is 11.0. The summed E-state index contributed by atoms with van der Waals surface area (Å²) in [5, 5.41) is 3.31. The lowest BCUT2D eigenvalue weighted by Gasteiger charge is -2.09. The highest BCUT2D eigenvalue weighted by Gasteiger charge is 2.06. The van der Waals surface area contributed by atoms with E-state index in [2.05, 4.69) is 5.32 Å². The first-order valence-corrected chi connectivity index (χ1v) is 7.36. The van der Waals surface area contributed by atoms with Crippen molar-refractivity contribution < 1.29 is 9.53 Å². The third-order valence-electron chi connectivity index (χ3n) is 2.46. The minimum atomic E-state index is -0.0246. The van der Waals surface area contributed by atoms with Gasteiger partial charge in [0.1, 0.15) is 5.75 Å². The summed E-state index contributed by atoms with van der Waals surface area (Å²) in [4.78, 5) is 11.6. The highest BCUT2D eigenvalue weighted by Crippen LogP contribution is 2.27. The number of nitrogens with one attached hydrogen (secondary N) is 1. The van der Waals surface area contributed by atoms with E-state index in [1.165, 1.54) is 0 Å². The van der Waals surface area contributed by atoms with E-state index in [4.69, 9.17) is 27.9 Å². The zero-order chi connectivity index (χ0) is 14.1. The molecule has 1 aromatic rings. The van der Waals surface area contributed by atoms with Crippen molar-refractivity contribution in [2.75, 3.05) is 17.8 Å². The van der Waals surface area contributed by atoms with Crippen molar-refractivity contribution in [3.05, 3.63) is 23.2 Å². The minimum absolute atomic E-state index is 0.0246. The van der Waals surface area contributed by atoms with Gasteiger partial charge in [0.2, 0.25) is 5.91 Å². The van der Waals surface area contributed by atoms with E-state index < -0.39 is 0 Å². The second-order valence-electron chi connectivity index (χ2n) is 4.19. The Bertz CT molecular complexity index is 410. The van der Waals surface area contributed by atoms with Gasteiger partial charge < -0.3 is 10.1 Å². The minimum Gasteiger partial charge on any atom is -0.492 e. The molecule has 5 heteroatoms. The van der Waals surface area contributed by atoms with Crippen molar-refractivity contribution in [1.82, 2.24) is 0 Å². The molecular formula is C14H19Cl2NO2. The Balaban J connectivity index is 2.50. The second-order valence-corrected chi connectivity index (χ2v) is 4.97. The van der Waals surface area contributed by atoms with Gasteiger partial charge in [0, 0.05) is 18.0 Å². The zero-order valence-corrected chi connectivity index (χ0v) is 12.6. The van der Waals surface area contributed by atoms with Crippen LogP contribution in [0.3, 0.4) is 0 Å². The van der Waals surface area contributed by atoms with Gasteiger partial charge in [-0.3, -0.25) is 4.79 Å². The topological polar surface area (TPSA) is 38.3 Å². The van der Waals surface area contributed by atoms with Gasteiger partial charge in [-0.1, -0.05) is 18.5 Å². The summed E-state index contributed by atoms with van der Waals surface area (Å²) in [5.41, 5.74) is 0.685. The van der Waals surface area contributed by atoms with Crippen molar-refractivity contribution in [3.63, 3.8) is 0 Å². The van der Waals surface area contributed by atoms with Crippen LogP contribution >= 0.6 is 23.2 Å². The fraction of sp³-hybridized carbons (Fsp3) is 0.500. The average molecular weight is 304 g/mol. The van der Waals surface area contributed by atoms with Crippen molar-refractivity contribution in [3.8, 4) is 5.75 Å². The molecule has 0 radical (unpaired) electrons. The number of amides is 1. The summed E-state index contributed by atoms with van der Waals surface area (Å²) >= 11 is 11.6. The summed E-state index contributed by atoms with van der Waals surface area (Å²) in [6.45, 7) is 2.66. The van der Waals surface area contributed by atoms with Crippen LogP contribution < -0.4 is 10.1 Å². The number of anilines is 1. The van der Waals surface area contributed by atoms with E-state index >= 15 is 0 Å². The maximum atomic E-state index is 11.6. The van der Waals surface area contributed by atoms with Crippen LogP contribution in [0.25, 0.3) is 0 Å². The first-order chi connectivity index (χ1) is 9.17. The summed E-state index contributed by atoms with van der Waals surface area (Å²) in [5.74, 6) is 1.20. The molecule has 0 atom stereocenters. The predicted octanol–water partition coefficient (Wildman–Crippen LogP) is 4.48. The molecule has 0 unspecified atom stereocenters. The van der Waals surface area contributed by atoms with E-state index in [0.29, 0.717) is 35.4 Å². The van der Waals surface area contributed by atoms with E-state index in [0.717, 1.165) is 19.3 Å². The molecule has 3 nitrogen and oxygen atoms in total. The number of unbranched alkanes of at least 4 members (excludes halogenated alkanes) is 1. The van der Waals surface area contributed by atoms with Gasteiger partial charge in [-0.25, -0.2) is 0 Å². The van der Waals surface area contributed by atoms with Crippen LogP contribution in [0, 0.1) is 0 Å². The van der Waals surface area contributed by atoms with Crippen LogP contribution in [0.4, 0.5) is 5.69 Å². The predicted molar refractivity (Wildman–Crippen MR) is 80.4 cm³/mol. The molecule has 1 amide bonds. The fourth-order valence-electron chi connectivity index (χ4n) is 1.51. The molecule has 0 aliphatic carbocycles. The fourth-order valence-corrected chi connectivity index (χ4v) is 1.94. The molecule has 0 aromatic heterocycles. The largest absolute Gasteiger partial charge is 0.492 e. The lowest BCUT2D eigenvalue weighted by molar-refractivity contribution is -0.116. The molecule has 1 aromatic carbocycles. The Labute approximate surface area is 124 Å². The van der Waals surface area contributed by atoms with Crippen LogP contribution in [0.2, 0.25) is 5.02 Å². The SMILES string of the molecule is CCCOc1ccc(NC(=O)CCCCCl)cc1Cl. The number of alkyl halides is 1. The molecule has 106 valence electrons. The number of carbonyl (C=O) groups is 1. The molecule has 1 rings (SSSR count). The average Bonchev–Trinajstić information content (AvgIpc) is 2.38. The smallest absolute Gasteiger partial charge is 0.224 e. The molecule has 0 saturated carbocycles. The Morgan fingerprint density at radius 1 is 1.37 bits per heavy atom. The van der Waals surface area contributed by atoms with E-state index in [-0.39, 0.29) is 5.91 Å². The lowest BCUT2D eigenvalue weighted by atomic mass is 10.2. The van der Waals surface area contributed by atoms with Crippen LogP contribution in [-0.2, 0) is 4.79 Å². The number of benzene rings is 1. The van der Waals surface area contributed by atoms with Gasteiger partial charge in [-0.15, -0.1) is 11.6 Å². The van der Waals surface area contributed by atoms with Gasteiger partial charge in [0.25, 0.3) is 0 Å². The third-order valence-corrected chi connectivity index (χ3v) is 3.03. The van der Waals surface area contributed by atoms with Gasteiger partial charge in [0.05, 0.1) is 11.6 Å². The first-order valence-electron chi connectivity index (χ1n) is 6.45. The van der Waals surface area contributed by atoms with Gasteiger partial charge in [-0.2, -0.15) is 0 Å². The Morgan fingerprint density at radius 2 is 2.16 bits per heavy atom. The van der Waals surface area contributed by atoms with Crippen LogP contribution in [0.1, 0.15) is 32.6 Å². The Hall–Kier alpha value is -0.930. The molecule has 0 aliphatic heterocycles. The van der Waals surface area contributed by atoms with E-state index in [9.17, 15) is 4.79 Å². The molecule has 0 aliphatic rings. The molecule has 0 saturated heterocycles. The Kier molecular flexibility index (Phi) is 7.68. The molecular weight excluding hydrogens is 285 g/mol. The monoisotopic (exact) mass is 303 g/mol. The molecule has 0 heterocycles. The Morgan fingerprint density at radius 3 is 2.79 bits per heavy atom. The van der Waals surface area contributed by atoms with Crippen molar-refractivity contribution in [2.24, 2.45) is 0 Å². The third kappa shape index (κ3) is 6.17. The van der Waals surface area contributed by atoms with Crippen molar-refractivity contribution in [2.45, 2.75) is 32.6 Å². The summed E-state index contributed by atoms with van der Waals surface area (Å²) in [6, 6.07) is 5.26. The first kappa shape index (κ1) is 16.1. The summed E-state index contributed by atoms with van der Waals surface area (Å²) in [7, 11) is 0. The maximum Gasteiger partial charge on any atom is 0.224 e. The molecule has 0 bridgehead atoms. The van der Waals surface area contributed by atoms with Gasteiger partial charge >= 0.3 is 0 Å². The number of rotatable bonds is 8. The van der Waals surface area contributed by atoms with E-state index in [1.54, 1.807) is 18.2 Å².